The number of rotatable bonds is 2. The topological polar surface area (TPSA) is 24.1 Å². The Kier molecular flexibility index (Phi) is 4.99. The summed E-state index contributed by atoms with van der Waals surface area (Å²) in [7, 11) is 0. The second-order valence-corrected chi connectivity index (χ2v) is 5.94. The summed E-state index contributed by atoms with van der Waals surface area (Å²) in [6.07, 6.45) is 4.84. The Morgan fingerprint density at radius 2 is 2.11 bits per heavy atom. The molecule has 0 bridgehead atoms. The van der Waals surface area contributed by atoms with Crippen molar-refractivity contribution in [1.29, 1.82) is 0 Å². The fourth-order valence-corrected chi connectivity index (χ4v) is 2.87. The standard InChI is InChI=1S/C14H18ClFN2S/c1-9-4-2-3-5-12(9)17-14(19)18-13-7-6-10(15)8-11(13)16/h6-9,12H,2-5H2,1H3,(H2,17,18,19). The summed E-state index contributed by atoms with van der Waals surface area (Å²) in [4.78, 5) is 0. The van der Waals surface area contributed by atoms with Gasteiger partial charge >= 0.3 is 0 Å². The van der Waals surface area contributed by atoms with Gasteiger partial charge in [0.15, 0.2) is 5.11 Å². The van der Waals surface area contributed by atoms with Gasteiger partial charge in [0, 0.05) is 11.1 Å². The Morgan fingerprint density at radius 3 is 2.79 bits per heavy atom. The predicted molar refractivity (Wildman–Crippen MR) is 82.2 cm³/mol. The third kappa shape index (κ3) is 4.05. The van der Waals surface area contributed by atoms with Gasteiger partial charge in [0.2, 0.25) is 0 Å². The number of nitrogens with one attached hydrogen (secondary N) is 2. The maximum atomic E-state index is 13.6. The predicted octanol–water partition coefficient (Wildman–Crippen LogP) is 4.34. The van der Waals surface area contributed by atoms with E-state index in [0.29, 0.717) is 27.8 Å². The van der Waals surface area contributed by atoms with E-state index in [1.807, 2.05) is 0 Å². The van der Waals surface area contributed by atoms with Crippen LogP contribution in [0.3, 0.4) is 0 Å². The van der Waals surface area contributed by atoms with Crippen molar-refractivity contribution in [1.82, 2.24) is 5.32 Å². The quantitative estimate of drug-likeness (QED) is 0.794. The normalized spacial score (nSPS) is 22.9. The first-order valence-corrected chi connectivity index (χ1v) is 7.37. The molecule has 1 aromatic rings. The summed E-state index contributed by atoms with van der Waals surface area (Å²) in [6, 6.07) is 4.88. The summed E-state index contributed by atoms with van der Waals surface area (Å²) in [6.45, 7) is 2.22. The number of thiocarbonyl (C=S) groups is 1. The van der Waals surface area contributed by atoms with Gasteiger partial charge in [-0.25, -0.2) is 4.39 Å². The Bertz CT molecular complexity index is 467. The van der Waals surface area contributed by atoms with Crippen LogP contribution < -0.4 is 10.6 Å². The SMILES string of the molecule is CC1CCCCC1NC(=S)Nc1ccc(Cl)cc1F. The Hall–Kier alpha value is -0.870. The molecular formula is C14H18ClFN2S. The van der Waals surface area contributed by atoms with Crippen LogP contribution in [0.2, 0.25) is 5.02 Å². The van der Waals surface area contributed by atoms with Crippen molar-refractivity contribution >= 4 is 34.6 Å². The van der Waals surface area contributed by atoms with Crippen LogP contribution in [-0.4, -0.2) is 11.2 Å². The van der Waals surface area contributed by atoms with E-state index in [4.69, 9.17) is 23.8 Å². The average Bonchev–Trinajstić information content (AvgIpc) is 2.36. The van der Waals surface area contributed by atoms with Crippen LogP contribution in [0.1, 0.15) is 32.6 Å². The highest BCUT2D eigenvalue weighted by molar-refractivity contribution is 7.80. The van der Waals surface area contributed by atoms with E-state index < -0.39 is 5.82 Å². The van der Waals surface area contributed by atoms with E-state index in [1.165, 1.54) is 25.3 Å². The van der Waals surface area contributed by atoms with E-state index in [1.54, 1.807) is 12.1 Å². The van der Waals surface area contributed by atoms with Crippen LogP contribution >= 0.6 is 23.8 Å². The fraction of sp³-hybridized carbons (Fsp3) is 0.500. The minimum Gasteiger partial charge on any atom is -0.359 e. The van der Waals surface area contributed by atoms with E-state index in [-0.39, 0.29) is 0 Å². The van der Waals surface area contributed by atoms with Gasteiger partial charge in [-0.2, -0.15) is 0 Å². The van der Waals surface area contributed by atoms with Crippen molar-refractivity contribution in [2.75, 3.05) is 5.32 Å². The lowest BCUT2D eigenvalue weighted by molar-refractivity contribution is 0.309. The molecule has 1 aromatic carbocycles. The molecule has 0 radical (unpaired) electrons. The summed E-state index contributed by atoms with van der Waals surface area (Å²) in [5.74, 6) is 0.205. The summed E-state index contributed by atoms with van der Waals surface area (Å²) in [5.41, 5.74) is 0.352. The molecule has 2 atom stereocenters. The molecule has 0 aromatic heterocycles. The molecule has 0 heterocycles. The molecule has 2 rings (SSSR count). The number of halogens is 2. The van der Waals surface area contributed by atoms with Gasteiger partial charge in [-0.05, 0) is 49.2 Å². The van der Waals surface area contributed by atoms with Gasteiger partial charge in [0.05, 0.1) is 5.69 Å². The molecule has 0 amide bonds. The van der Waals surface area contributed by atoms with E-state index in [2.05, 4.69) is 17.6 Å². The first-order chi connectivity index (χ1) is 9.06. The minimum atomic E-state index is -0.395. The van der Waals surface area contributed by atoms with Crippen molar-refractivity contribution < 1.29 is 4.39 Å². The van der Waals surface area contributed by atoms with Crippen LogP contribution in [0.25, 0.3) is 0 Å². The molecule has 2 N–H and O–H groups in total. The fourth-order valence-electron chi connectivity index (χ4n) is 2.45. The Balaban J connectivity index is 1.93. The number of hydrogen-bond acceptors (Lipinski definition) is 1. The van der Waals surface area contributed by atoms with Crippen LogP contribution in [0.5, 0.6) is 0 Å². The van der Waals surface area contributed by atoms with Gasteiger partial charge in [0.1, 0.15) is 5.82 Å². The molecule has 1 aliphatic carbocycles. The van der Waals surface area contributed by atoms with Gasteiger partial charge in [-0.1, -0.05) is 31.4 Å². The van der Waals surface area contributed by atoms with Gasteiger partial charge in [-0.15, -0.1) is 0 Å². The third-order valence-corrected chi connectivity index (χ3v) is 4.06. The summed E-state index contributed by atoms with van der Waals surface area (Å²) >= 11 is 11.0. The van der Waals surface area contributed by atoms with Crippen LogP contribution in [0.15, 0.2) is 18.2 Å². The van der Waals surface area contributed by atoms with Crippen molar-refractivity contribution in [3.63, 3.8) is 0 Å². The number of benzene rings is 1. The molecule has 0 saturated heterocycles. The number of hydrogen-bond donors (Lipinski definition) is 2. The minimum absolute atomic E-state index is 0.352. The van der Waals surface area contributed by atoms with Gasteiger partial charge < -0.3 is 10.6 Å². The van der Waals surface area contributed by atoms with Crippen LogP contribution in [0, 0.1) is 11.7 Å². The van der Waals surface area contributed by atoms with Gasteiger partial charge in [0.25, 0.3) is 0 Å². The highest BCUT2D eigenvalue weighted by Crippen LogP contribution is 2.24. The Morgan fingerprint density at radius 1 is 1.37 bits per heavy atom. The smallest absolute Gasteiger partial charge is 0.171 e. The van der Waals surface area contributed by atoms with Crippen molar-refractivity contribution in [2.45, 2.75) is 38.6 Å². The summed E-state index contributed by atoms with van der Waals surface area (Å²) < 4.78 is 13.6. The molecular weight excluding hydrogens is 283 g/mol. The molecule has 2 nitrogen and oxygen atoms in total. The first-order valence-electron chi connectivity index (χ1n) is 6.59. The van der Waals surface area contributed by atoms with Crippen molar-refractivity contribution in [2.24, 2.45) is 5.92 Å². The number of anilines is 1. The Labute approximate surface area is 123 Å². The zero-order valence-corrected chi connectivity index (χ0v) is 12.5. The second kappa shape index (κ2) is 6.53. The highest BCUT2D eigenvalue weighted by atomic mass is 35.5. The zero-order chi connectivity index (χ0) is 13.8. The van der Waals surface area contributed by atoms with Crippen LogP contribution in [0.4, 0.5) is 10.1 Å². The molecule has 5 heteroatoms. The molecule has 1 saturated carbocycles. The molecule has 0 aliphatic heterocycles. The van der Waals surface area contributed by atoms with Crippen LogP contribution in [-0.2, 0) is 0 Å². The first kappa shape index (κ1) is 14.5. The zero-order valence-electron chi connectivity index (χ0n) is 10.9. The van der Waals surface area contributed by atoms with E-state index in [9.17, 15) is 4.39 Å². The molecule has 2 unspecified atom stereocenters. The maximum absolute atomic E-state index is 13.6. The van der Waals surface area contributed by atoms with Crippen molar-refractivity contribution in [3.05, 3.63) is 29.0 Å². The highest BCUT2D eigenvalue weighted by Gasteiger charge is 2.21. The molecule has 1 fully saturated rings. The largest absolute Gasteiger partial charge is 0.359 e. The summed E-state index contributed by atoms with van der Waals surface area (Å²) in [5, 5.41) is 7.02. The van der Waals surface area contributed by atoms with Crippen molar-refractivity contribution in [3.8, 4) is 0 Å². The van der Waals surface area contributed by atoms with E-state index in [0.717, 1.165) is 6.42 Å². The maximum Gasteiger partial charge on any atom is 0.171 e. The molecule has 0 spiro atoms. The molecule has 1 aliphatic rings. The lowest BCUT2D eigenvalue weighted by Gasteiger charge is -2.30. The lowest BCUT2D eigenvalue weighted by atomic mass is 9.86. The average molecular weight is 301 g/mol. The van der Waals surface area contributed by atoms with E-state index >= 15 is 0 Å². The lowest BCUT2D eigenvalue weighted by Crippen LogP contribution is -2.43. The third-order valence-electron chi connectivity index (χ3n) is 3.61. The molecule has 104 valence electrons. The monoisotopic (exact) mass is 300 g/mol. The van der Waals surface area contributed by atoms with Gasteiger partial charge in [-0.3, -0.25) is 0 Å². The molecule has 19 heavy (non-hydrogen) atoms. The second-order valence-electron chi connectivity index (χ2n) is 5.09.